The first-order valence-corrected chi connectivity index (χ1v) is 8.50. The van der Waals surface area contributed by atoms with Crippen molar-refractivity contribution < 1.29 is 0 Å². The molecule has 0 aliphatic heterocycles. The Hall–Kier alpha value is -0.470. The second-order valence-electron chi connectivity index (χ2n) is 6.14. The van der Waals surface area contributed by atoms with E-state index in [0.29, 0.717) is 0 Å². The molecule has 0 unspecified atom stereocenters. The van der Waals surface area contributed by atoms with Gasteiger partial charge < -0.3 is 5.32 Å². The Bertz CT molecular complexity index is 394. The van der Waals surface area contributed by atoms with Crippen LogP contribution in [0, 0.1) is 12.8 Å². The molecule has 1 aromatic rings. The zero-order chi connectivity index (χ0) is 13.7. The van der Waals surface area contributed by atoms with Gasteiger partial charge in [0.1, 0.15) is 0 Å². The maximum absolute atomic E-state index is 3.53. The van der Waals surface area contributed by atoms with Gasteiger partial charge in [-0.1, -0.05) is 32.8 Å². The molecule has 1 N–H and O–H groups in total. The van der Waals surface area contributed by atoms with Crippen LogP contribution in [0.15, 0.2) is 23.1 Å². The highest BCUT2D eigenvalue weighted by molar-refractivity contribution is 8.00. The molecule has 0 aromatic heterocycles. The van der Waals surface area contributed by atoms with Gasteiger partial charge in [0.25, 0.3) is 0 Å². The zero-order valence-electron chi connectivity index (χ0n) is 12.5. The first-order valence-electron chi connectivity index (χ1n) is 7.62. The summed E-state index contributed by atoms with van der Waals surface area (Å²) in [5.41, 5.74) is 2.87. The third-order valence-electron chi connectivity index (χ3n) is 3.79. The highest BCUT2D eigenvalue weighted by atomic mass is 32.2. The van der Waals surface area contributed by atoms with Crippen LogP contribution in [0.5, 0.6) is 0 Å². The van der Waals surface area contributed by atoms with Crippen molar-refractivity contribution in [3.05, 3.63) is 29.3 Å². The molecule has 0 saturated heterocycles. The molecule has 1 saturated carbocycles. The fourth-order valence-corrected chi connectivity index (χ4v) is 3.98. The van der Waals surface area contributed by atoms with Crippen LogP contribution in [0.25, 0.3) is 0 Å². The van der Waals surface area contributed by atoms with Gasteiger partial charge in [-0.25, -0.2) is 0 Å². The average Bonchev–Trinajstić information content (AvgIpc) is 2.84. The largest absolute Gasteiger partial charge is 0.312 e. The molecule has 0 amide bonds. The Morgan fingerprint density at radius 3 is 2.63 bits per heavy atom. The molecule has 1 fully saturated rings. The maximum atomic E-state index is 3.53. The molecule has 106 valence electrons. The van der Waals surface area contributed by atoms with Crippen molar-refractivity contribution in [2.45, 2.75) is 63.1 Å². The summed E-state index contributed by atoms with van der Waals surface area (Å²) in [6.45, 7) is 8.84. The number of rotatable bonds is 6. The molecule has 1 nitrogen and oxygen atoms in total. The molecule has 0 heterocycles. The van der Waals surface area contributed by atoms with Gasteiger partial charge in [-0.3, -0.25) is 0 Å². The molecule has 0 radical (unpaired) electrons. The molecule has 0 atom stereocenters. The van der Waals surface area contributed by atoms with E-state index in [4.69, 9.17) is 0 Å². The average molecular weight is 277 g/mol. The smallest absolute Gasteiger partial charge is 0.0208 e. The van der Waals surface area contributed by atoms with Crippen LogP contribution >= 0.6 is 11.8 Å². The van der Waals surface area contributed by atoms with Crippen LogP contribution in [-0.4, -0.2) is 11.8 Å². The molecular weight excluding hydrogens is 250 g/mol. The third kappa shape index (κ3) is 4.85. The van der Waals surface area contributed by atoms with Crippen LogP contribution in [0.1, 0.15) is 50.7 Å². The molecule has 2 rings (SSSR count). The molecule has 1 aromatic carbocycles. The van der Waals surface area contributed by atoms with Gasteiger partial charge in [-0.2, -0.15) is 0 Å². The fourth-order valence-electron chi connectivity index (χ4n) is 2.63. The number of thioether (sulfide) groups is 1. The normalized spacial score (nSPS) is 16.4. The topological polar surface area (TPSA) is 12.0 Å². The van der Waals surface area contributed by atoms with Crippen LogP contribution < -0.4 is 5.32 Å². The SMILES string of the molecule is Cc1cc(SC2CCCC2)ccc1CNCC(C)C. The summed E-state index contributed by atoms with van der Waals surface area (Å²) in [5.74, 6) is 0.720. The maximum Gasteiger partial charge on any atom is 0.0208 e. The van der Waals surface area contributed by atoms with Crippen LogP contribution in [-0.2, 0) is 6.54 Å². The van der Waals surface area contributed by atoms with Crippen molar-refractivity contribution in [2.24, 2.45) is 5.92 Å². The molecule has 1 aliphatic carbocycles. The minimum absolute atomic E-state index is 0.720. The van der Waals surface area contributed by atoms with E-state index in [1.54, 1.807) is 0 Å². The minimum atomic E-state index is 0.720. The highest BCUT2D eigenvalue weighted by Crippen LogP contribution is 2.35. The van der Waals surface area contributed by atoms with Crippen molar-refractivity contribution in [2.75, 3.05) is 6.54 Å². The Morgan fingerprint density at radius 1 is 1.26 bits per heavy atom. The van der Waals surface area contributed by atoms with E-state index >= 15 is 0 Å². The predicted octanol–water partition coefficient (Wildman–Crippen LogP) is 4.78. The van der Waals surface area contributed by atoms with E-state index in [1.165, 1.54) is 41.7 Å². The van der Waals surface area contributed by atoms with Gasteiger partial charge in [0.05, 0.1) is 0 Å². The monoisotopic (exact) mass is 277 g/mol. The lowest BCUT2D eigenvalue weighted by Gasteiger charge is -2.13. The van der Waals surface area contributed by atoms with Crippen molar-refractivity contribution in [3.63, 3.8) is 0 Å². The lowest BCUT2D eigenvalue weighted by Crippen LogP contribution is -2.19. The van der Waals surface area contributed by atoms with Gasteiger partial charge in [0, 0.05) is 16.7 Å². The summed E-state index contributed by atoms with van der Waals surface area (Å²) in [6.07, 6.45) is 5.66. The van der Waals surface area contributed by atoms with Crippen molar-refractivity contribution in [1.29, 1.82) is 0 Å². The number of nitrogens with one attached hydrogen (secondary N) is 1. The summed E-state index contributed by atoms with van der Waals surface area (Å²) >= 11 is 2.08. The first kappa shape index (κ1) is 14.9. The molecular formula is C17H27NS. The zero-order valence-corrected chi connectivity index (χ0v) is 13.4. The second kappa shape index (κ2) is 7.35. The van der Waals surface area contributed by atoms with Crippen LogP contribution in [0.2, 0.25) is 0 Å². The van der Waals surface area contributed by atoms with E-state index in [1.807, 2.05) is 0 Å². The number of aryl methyl sites for hydroxylation is 1. The summed E-state index contributed by atoms with van der Waals surface area (Å²) < 4.78 is 0. The first-order chi connectivity index (χ1) is 9.15. The quantitative estimate of drug-likeness (QED) is 0.803. The summed E-state index contributed by atoms with van der Waals surface area (Å²) in [6, 6.07) is 6.98. The van der Waals surface area contributed by atoms with E-state index in [2.05, 4.69) is 56.0 Å². The van der Waals surface area contributed by atoms with Gasteiger partial charge >= 0.3 is 0 Å². The van der Waals surface area contributed by atoms with E-state index in [9.17, 15) is 0 Å². The van der Waals surface area contributed by atoms with Crippen molar-refractivity contribution >= 4 is 11.8 Å². The Balaban J connectivity index is 1.88. The Kier molecular flexibility index (Phi) is 5.77. The number of hydrogen-bond acceptors (Lipinski definition) is 2. The number of benzene rings is 1. The predicted molar refractivity (Wildman–Crippen MR) is 85.8 cm³/mol. The Labute approximate surface area is 122 Å². The molecule has 2 heteroatoms. The second-order valence-corrected chi connectivity index (χ2v) is 7.51. The fraction of sp³-hybridized carbons (Fsp3) is 0.647. The van der Waals surface area contributed by atoms with E-state index < -0.39 is 0 Å². The highest BCUT2D eigenvalue weighted by Gasteiger charge is 2.16. The standard InChI is InChI=1S/C17H27NS/c1-13(2)11-18-12-15-8-9-17(10-14(15)3)19-16-6-4-5-7-16/h8-10,13,16,18H,4-7,11-12H2,1-3H3. The molecule has 19 heavy (non-hydrogen) atoms. The van der Waals surface area contributed by atoms with Crippen molar-refractivity contribution in [3.8, 4) is 0 Å². The summed E-state index contributed by atoms with van der Waals surface area (Å²) in [4.78, 5) is 1.46. The number of hydrogen-bond donors (Lipinski definition) is 1. The molecule has 1 aliphatic rings. The van der Waals surface area contributed by atoms with Gasteiger partial charge in [0.15, 0.2) is 0 Å². The molecule has 0 spiro atoms. The molecule has 0 bridgehead atoms. The van der Waals surface area contributed by atoms with Crippen LogP contribution in [0.3, 0.4) is 0 Å². The lowest BCUT2D eigenvalue weighted by atomic mass is 10.1. The van der Waals surface area contributed by atoms with E-state index in [-0.39, 0.29) is 0 Å². The summed E-state index contributed by atoms with van der Waals surface area (Å²) in [7, 11) is 0. The lowest BCUT2D eigenvalue weighted by molar-refractivity contribution is 0.551. The minimum Gasteiger partial charge on any atom is -0.312 e. The van der Waals surface area contributed by atoms with Crippen LogP contribution in [0.4, 0.5) is 0 Å². The third-order valence-corrected chi connectivity index (χ3v) is 5.12. The van der Waals surface area contributed by atoms with Gasteiger partial charge in [0.2, 0.25) is 0 Å². The van der Waals surface area contributed by atoms with Gasteiger partial charge in [-0.15, -0.1) is 11.8 Å². The van der Waals surface area contributed by atoms with Gasteiger partial charge in [-0.05, 0) is 55.5 Å². The summed E-state index contributed by atoms with van der Waals surface area (Å²) in [5, 5.41) is 4.39. The van der Waals surface area contributed by atoms with Crippen molar-refractivity contribution in [1.82, 2.24) is 5.32 Å². The van der Waals surface area contributed by atoms with E-state index in [0.717, 1.165) is 24.3 Å². The Morgan fingerprint density at radius 2 is 2.00 bits per heavy atom.